The number of carbonyl (C=O) groups excluding carboxylic acids is 1. The lowest BCUT2D eigenvalue weighted by Gasteiger charge is -2.22. The van der Waals surface area contributed by atoms with Crippen LogP contribution < -0.4 is 9.80 Å². The van der Waals surface area contributed by atoms with Gasteiger partial charge in [0, 0.05) is 37.7 Å². The molecule has 0 fully saturated rings. The van der Waals surface area contributed by atoms with Crippen molar-refractivity contribution in [3.63, 3.8) is 0 Å². The van der Waals surface area contributed by atoms with Crippen LogP contribution in [0.3, 0.4) is 0 Å². The Morgan fingerprint density at radius 2 is 1.70 bits per heavy atom. The first kappa shape index (κ1) is 16.9. The molecule has 1 heterocycles. The van der Waals surface area contributed by atoms with Crippen molar-refractivity contribution in [3.8, 4) is 0 Å². The predicted octanol–water partition coefficient (Wildman–Crippen LogP) is 3.30. The molecule has 2 rings (SSSR count). The molecule has 0 saturated carbocycles. The lowest BCUT2D eigenvalue weighted by Crippen LogP contribution is -2.31. The summed E-state index contributed by atoms with van der Waals surface area (Å²) in [5.74, 6) is 0.578. The molecule has 0 atom stereocenters. The maximum Gasteiger partial charge on any atom is 0.261 e. The van der Waals surface area contributed by atoms with E-state index in [1.54, 1.807) is 17.3 Å². The molecule has 0 aliphatic rings. The molecular formula is C18H24N4O. The summed E-state index contributed by atoms with van der Waals surface area (Å²) in [5, 5.41) is 0. The van der Waals surface area contributed by atoms with Crippen molar-refractivity contribution in [2.24, 2.45) is 0 Å². The maximum atomic E-state index is 12.7. The molecule has 0 saturated heterocycles. The van der Waals surface area contributed by atoms with Crippen molar-refractivity contribution in [1.82, 2.24) is 9.97 Å². The molecule has 2 aromatic rings. The Morgan fingerprint density at radius 1 is 1.04 bits per heavy atom. The number of rotatable bonds is 6. The molecule has 5 nitrogen and oxygen atoms in total. The van der Waals surface area contributed by atoms with E-state index < -0.39 is 0 Å². The van der Waals surface area contributed by atoms with Gasteiger partial charge >= 0.3 is 0 Å². The molecule has 0 unspecified atom stereocenters. The highest BCUT2D eigenvalue weighted by Gasteiger charge is 2.17. The van der Waals surface area contributed by atoms with Crippen LogP contribution in [0.5, 0.6) is 0 Å². The first-order valence-corrected chi connectivity index (χ1v) is 8.06. The summed E-state index contributed by atoms with van der Waals surface area (Å²) in [5.41, 5.74) is 2.52. The van der Waals surface area contributed by atoms with Crippen LogP contribution in [-0.4, -0.2) is 35.5 Å². The third-order valence-electron chi connectivity index (χ3n) is 3.81. The molecule has 1 aromatic carbocycles. The second-order valence-electron chi connectivity index (χ2n) is 5.33. The quantitative estimate of drug-likeness (QED) is 0.821. The number of nitrogens with zero attached hydrogens (tertiary/aromatic N) is 4. The summed E-state index contributed by atoms with van der Waals surface area (Å²) in [6.45, 7) is 10.4. The standard InChI is InChI=1S/C18H24N4O/c1-5-21(6-2)18-19-12-15(13-20-18)17(23)22(7-3)16-10-8-9-14(4)11-16/h8-13H,5-7H2,1-4H3. The van der Waals surface area contributed by atoms with Crippen LogP contribution in [0.1, 0.15) is 36.7 Å². The number of aromatic nitrogens is 2. The van der Waals surface area contributed by atoms with Gasteiger partial charge in [-0.05, 0) is 45.4 Å². The highest BCUT2D eigenvalue weighted by molar-refractivity contribution is 6.05. The van der Waals surface area contributed by atoms with E-state index in [4.69, 9.17) is 0 Å². The van der Waals surface area contributed by atoms with Gasteiger partial charge in [0.2, 0.25) is 5.95 Å². The van der Waals surface area contributed by atoms with Gasteiger partial charge in [-0.1, -0.05) is 12.1 Å². The molecule has 122 valence electrons. The van der Waals surface area contributed by atoms with Crippen LogP contribution in [0, 0.1) is 6.92 Å². The van der Waals surface area contributed by atoms with E-state index in [0.717, 1.165) is 24.3 Å². The van der Waals surface area contributed by atoms with E-state index in [1.807, 2.05) is 43.0 Å². The Morgan fingerprint density at radius 3 is 2.22 bits per heavy atom. The summed E-state index contributed by atoms with van der Waals surface area (Å²) in [7, 11) is 0. The van der Waals surface area contributed by atoms with Crippen molar-refractivity contribution in [3.05, 3.63) is 47.8 Å². The van der Waals surface area contributed by atoms with Crippen molar-refractivity contribution < 1.29 is 4.79 Å². The minimum absolute atomic E-state index is 0.0794. The second-order valence-corrected chi connectivity index (χ2v) is 5.33. The fourth-order valence-corrected chi connectivity index (χ4v) is 2.50. The van der Waals surface area contributed by atoms with Gasteiger partial charge in [0.05, 0.1) is 5.56 Å². The van der Waals surface area contributed by atoms with Gasteiger partial charge in [0.1, 0.15) is 0 Å². The van der Waals surface area contributed by atoms with Crippen LogP contribution in [-0.2, 0) is 0 Å². The first-order valence-electron chi connectivity index (χ1n) is 8.06. The minimum Gasteiger partial charge on any atom is -0.341 e. The zero-order chi connectivity index (χ0) is 16.8. The average Bonchev–Trinajstić information content (AvgIpc) is 2.57. The van der Waals surface area contributed by atoms with Gasteiger partial charge in [-0.25, -0.2) is 9.97 Å². The summed E-state index contributed by atoms with van der Waals surface area (Å²) >= 11 is 0. The van der Waals surface area contributed by atoms with Gasteiger partial charge in [-0.3, -0.25) is 4.79 Å². The van der Waals surface area contributed by atoms with Crippen molar-refractivity contribution in [2.75, 3.05) is 29.4 Å². The summed E-state index contributed by atoms with van der Waals surface area (Å²) in [6, 6.07) is 7.93. The third kappa shape index (κ3) is 3.86. The molecule has 0 spiro atoms. The number of hydrogen-bond donors (Lipinski definition) is 0. The van der Waals surface area contributed by atoms with Crippen molar-refractivity contribution in [2.45, 2.75) is 27.7 Å². The Balaban J connectivity index is 2.24. The average molecular weight is 312 g/mol. The van der Waals surface area contributed by atoms with E-state index in [-0.39, 0.29) is 5.91 Å². The van der Waals surface area contributed by atoms with Crippen molar-refractivity contribution >= 4 is 17.5 Å². The number of aryl methyl sites for hydroxylation is 1. The number of carbonyl (C=O) groups is 1. The molecule has 0 aliphatic heterocycles. The molecule has 5 heteroatoms. The van der Waals surface area contributed by atoms with Crippen LogP contribution >= 0.6 is 0 Å². The molecule has 23 heavy (non-hydrogen) atoms. The normalized spacial score (nSPS) is 10.4. The number of anilines is 2. The second kappa shape index (κ2) is 7.72. The van der Waals surface area contributed by atoms with Gasteiger partial charge in [0.15, 0.2) is 0 Å². The maximum absolute atomic E-state index is 12.7. The first-order chi connectivity index (χ1) is 11.1. The molecule has 0 aliphatic carbocycles. The van der Waals surface area contributed by atoms with Gasteiger partial charge in [-0.15, -0.1) is 0 Å². The Bertz CT molecular complexity index is 650. The number of hydrogen-bond acceptors (Lipinski definition) is 4. The summed E-state index contributed by atoms with van der Waals surface area (Å²) in [4.78, 5) is 25.2. The Labute approximate surface area is 138 Å². The molecule has 0 N–H and O–H groups in total. The van der Waals surface area contributed by atoms with E-state index >= 15 is 0 Å². The summed E-state index contributed by atoms with van der Waals surface area (Å²) < 4.78 is 0. The van der Waals surface area contributed by atoms with Crippen LogP contribution in [0.15, 0.2) is 36.7 Å². The van der Waals surface area contributed by atoms with E-state index in [0.29, 0.717) is 18.1 Å². The lowest BCUT2D eigenvalue weighted by molar-refractivity contribution is 0.0987. The molecule has 0 bridgehead atoms. The number of benzene rings is 1. The molecule has 0 radical (unpaired) electrons. The minimum atomic E-state index is -0.0794. The van der Waals surface area contributed by atoms with E-state index in [2.05, 4.69) is 23.8 Å². The van der Waals surface area contributed by atoms with Gasteiger partial charge in [-0.2, -0.15) is 0 Å². The van der Waals surface area contributed by atoms with Crippen molar-refractivity contribution in [1.29, 1.82) is 0 Å². The van der Waals surface area contributed by atoms with E-state index in [1.165, 1.54) is 0 Å². The fourth-order valence-electron chi connectivity index (χ4n) is 2.50. The Kier molecular flexibility index (Phi) is 5.68. The fraction of sp³-hybridized carbons (Fsp3) is 0.389. The monoisotopic (exact) mass is 312 g/mol. The van der Waals surface area contributed by atoms with Crippen LogP contribution in [0.4, 0.5) is 11.6 Å². The largest absolute Gasteiger partial charge is 0.341 e. The van der Waals surface area contributed by atoms with Gasteiger partial charge in [0.25, 0.3) is 5.91 Å². The van der Waals surface area contributed by atoms with E-state index in [9.17, 15) is 4.79 Å². The zero-order valence-corrected chi connectivity index (χ0v) is 14.3. The lowest BCUT2D eigenvalue weighted by atomic mass is 10.2. The zero-order valence-electron chi connectivity index (χ0n) is 14.3. The smallest absolute Gasteiger partial charge is 0.261 e. The number of amides is 1. The molecule has 1 aromatic heterocycles. The van der Waals surface area contributed by atoms with Crippen LogP contribution in [0.25, 0.3) is 0 Å². The van der Waals surface area contributed by atoms with Crippen LogP contribution in [0.2, 0.25) is 0 Å². The summed E-state index contributed by atoms with van der Waals surface area (Å²) in [6.07, 6.45) is 3.23. The highest BCUT2D eigenvalue weighted by Crippen LogP contribution is 2.18. The van der Waals surface area contributed by atoms with Gasteiger partial charge < -0.3 is 9.80 Å². The third-order valence-corrected chi connectivity index (χ3v) is 3.81. The Hall–Kier alpha value is -2.43. The SMILES string of the molecule is CCN(CC)c1ncc(C(=O)N(CC)c2cccc(C)c2)cn1. The molecule has 1 amide bonds. The highest BCUT2D eigenvalue weighted by atomic mass is 16.2. The molecular weight excluding hydrogens is 288 g/mol. The topological polar surface area (TPSA) is 49.3 Å². The predicted molar refractivity (Wildman–Crippen MR) is 94.1 cm³/mol.